The van der Waals surface area contributed by atoms with Crippen molar-refractivity contribution in [3.05, 3.63) is 0 Å². The molecule has 0 spiro atoms. The molecule has 4 N–H and O–H groups in total. The Balaban J connectivity index is 2.27. The molecule has 0 bridgehead atoms. The van der Waals surface area contributed by atoms with Crippen LogP contribution in [0, 0.1) is 5.92 Å². The zero-order valence-corrected chi connectivity index (χ0v) is 11.2. The third kappa shape index (κ3) is 5.89. The van der Waals surface area contributed by atoms with Gasteiger partial charge in [0.15, 0.2) is 0 Å². The molecule has 1 aliphatic rings. The minimum absolute atomic E-state index is 0.671. The summed E-state index contributed by atoms with van der Waals surface area (Å²) in [4.78, 5) is 6.89. The van der Waals surface area contributed by atoms with Crippen LogP contribution in [0.1, 0.15) is 32.6 Å². The van der Waals surface area contributed by atoms with Gasteiger partial charge in [-0.05, 0) is 38.8 Å². The Labute approximate surface area is 105 Å². The number of nitrogens with two attached hydrogens (primary N) is 1. The second kappa shape index (κ2) is 8.31. The molecule has 1 rings (SSSR count). The van der Waals surface area contributed by atoms with Crippen LogP contribution in [-0.4, -0.2) is 44.1 Å². The number of hydrogen-bond acceptors (Lipinski definition) is 3. The minimum Gasteiger partial charge on any atom is -0.355 e. The molecule has 5 heteroatoms. The molecule has 1 unspecified atom stereocenters. The molecule has 0 aromatic rings. The summed E-state index contributed by atoms with van der Waals surface area (Å²) >= 11 is 0. The maximum atomic E-state index is 5.44. The number of guanidine groups is 1. The molecule has 1 aliphatic heterocycles. The number of hydrazine groups is 1. The van der Waals surface area contributed by atoms with Crippen LogP contribution in [0.5, 0.6) is 0 Å². The lowest BCUT2D eigenvalue weighted by molar-refractivity contribution is 0.214. The van der Waals surface area contributed by atoms with Crippen molar-refractivity contribution in [1.82, 2.24) is 15.6 Å². The van der Waals surface area contributed by atoms with Crippen molar-refractivity contribution in [1.29, 1.82) is 0 Å². The summed E-state index contributed by atoms with van der Waals surface area (Å²) < 4.78 is 0. The predicted octanol–water partition coefficient (Wildman–Crippen LogP) is 0.537. The molecular weight excluding hydrogens is 214 g/mol. The van der Waals surface area contributed by atoms with Gasteiger partial charge < -0.3 is 10.2 Å². The molecule has 1 saturated heterocycles. The Bertz CT molecular complexity index is 229. The molecule has 1 heterocycles. The van der Waals surface area contributed by atoms with E-state index < -0.39 is 0 Å². The molecule has 0 aromatic carbocycles. The predicted molar refractivity (Wildman–Crippen MR) is 72.8 cm³/mol. The first-order chi connectivity index (χ1) is 8.26. The number of unbranched alkanes of at least 4 members (excludes halogenated alkanes) is 1. The molecule has 0 radical (unpaired) electrons. The van der Waals surface area contributed by atoms with Gasteiger partial charge in [0.1, 0.15) is 0 Å². The summed E-state index contributed by atoms with van der Waals surface area (Å²) in [7, 11) is 2.18. The van der Waals surface area contributed by atoms with E-state index in [0.717, 1.165) is 32.0 Å². The van der Waals surface area contributed by atoms with Crippen molar-refractivity contribution >= 4 is 5.96 Å². The van der Waals surface area contributed by atoms with Crippen LogP contribution in [0.2, 0.25) is 0 Å². The highest BCUT2D eigenvalue weighted by molar-refractivity contribution is 5.79. The summed E-state index contributed by atoms with van der Waals surface area (Å²) in [5.41, 5.74) is 2.64. The fourth-order valence-corrected chi connectivity index (χ4v) is 2.18. The lowest BCUT2D eigenvalue weighted by atomic mass is 9.99. The number of rotatable bonds is 5. The van der Waals surface area contributed by atoms with E-state index in [4.69, 9.17) is 5.84 Å². The van der Waals surface area contributed by atoms with E-state index in [9.17, 15) is 0 Å². The molecule has 0 amide bonds. The average molecular weight is 241 g/mol. The van der Waals surface area contributed by atoms with Crippen LogP contribution in [0.3, 0.4) is 0 Å². The van der Waals surface area contributed by atoms with E-state index in [1.54, 1.807) is 0 Å². The zero-order chi connectivity index (χ0) is 12.5. The van der Waals surface area contributed by atoms with Crippen LogP contribution in [0.15, 0.2) is 4.99 Å². The first kappa shape index (κ1) is 14.3. The Morgan fingerprint density at radius 3 is 3.00 bits per heavy atom. The second-order valence-electron chi connectivity index (χ2n) is 4.88. The first-order valence-electron chi connectivity index (χ1n) is 6.69. The summed E-state index contributed by atoms with van der Waals surface area (Å²) in [5.74, 6) is 6.84. The molecule has 0 aromatic heterocycles. The highest BCUT2D eigenvalue weighted by atomic mass is 15.3. The van der Waals surface area contributed by atoms with Gasteiger partial charge in [-0.3, -0.25) is 10.4 Å². The summed E-state index contributed by atoms with van der Waals surface area (Å²) in [6.07, 6.45) is 4.89. The lowest BCUT2D eigenvalue weighted by Gasteiger charge is -2.28. The average Bonchev–Trinajstić information content (AvgIpc) is 2.34. The minimum atomic E-state index is 0.671. The molecule has 5 nitrogen and oxygen atoms in total. The Morgan fingerprint density at radius 1 is 1.53 bits per heavy atom. The molecule has 17 heavy (non-hydrogen) atoms. The highest BCUT2D eigenvalue weighted by Gasteiger charge is 2.16. The molecular formula is C12H27N5. The fraction of sp³-hybridized carbons (Fsp3) is 0.917. The van der Waals surface area contributed by atoms with Gasteiger partial charge in [-0.1, -0.05) is 13.3 Å². The summed E-state index contributed by atoms with van der Waals surface area (Å²) in [6, 6.07) is 0. The summed E-state index contributed by atoms with van der Waals surface area (Å²) in [5, 5.41) is 3.22. The molecule has 100 valence electrons. The monoisotopic (exact) mass is 241 g/mol. The van der Waals surface area contributed by atoms with Crippen molar-refractivity contribution in [2.75, 3.05) is 33.2 Å². The van der Waals surface area contributed by atoms with Crippen molar-refractivity contribution in [2.45, 2.75) is 32.6 Å². The van der Waals surface area contributed by atoms with Crippen LogP contribution in [-0.2, 0) is 0 Å². The third-order valence-electron chi connectivity index (χ3n) is 3.19. The van der Waals surface area contributed by atoms with Crippen molar-refractivity contribution < 1.29 is 0 Å². The van der Waals surface area contributed by atoms with Gasteiger partial charge in [0, 0.05) is 19.6 Å². The van der Waals surface area contributed by atoms with Crippen molar-refractivity contribution in [3.8, 4) is 0 Å². The van der Waals surface area contributed by atoms with E-state index >= 15 is 0 Å². The van der Waals surface area contributed by atoms with Gasteiger partial charge in [-0.2, -0.15) is 0 Å². The first-order valence-corrected chi connectivity index (χ1v) is 6.69. The van der Waals surface area contributed by atoms with E-state index in [0.29, 0.717) is 5.92 Å². The Morgan fingerprint density at radius 2 is 2.35 bits per heavy atom. The molecule has 1 atom stereocenters. The Hall–Kier alpha value is -0.810. The van der Waals surface area contributed by atoms with Gasteiger partial charge in [-0.15, -0.1) is 0 Å². The SMILES string of the molecule is CCCCNC(=NCC1CCCN(C)C1)NN. The van der Waals surface area contributed by atoms with Crippen molar-refractivity contribution in [2.24, 2.45) is 16.8 Å². The number of aliphatic imine (C=N–C) groups is 1. The number of piperidine rings is 1. The second-order valence-corrected chi connectivity index (χ2v) is 4.88. The van der Waals surface area contributed by atoms with Crippen LogP contribution in [0.25, 0.3) is 0 Å². The standard InChI is InChI=1S/C12H27N5/c1-3-4-7-14-12(16-13)15-9-11-6-5-8-17(2)10-11/h11H,3-10,13H2,1-2H3,(H2,14,15,16). The van der Waals surface area contributed by atoms with Gasteiger partial charge in [0.2, 0.25) is 5.96 Å². The number of nitrogens with zero attached hydrogens (tertiary/aromatic N) is 2. The smallest absolute Gasteiger partial charge is 0.205 e. The third-order valence-corrected chi connectivity index (χ3v) is 3.19. The van der Waals surface area contributed by atoms with E-state index in [-0.39, 0.29) is 0 Å². The number of hydrogen-bond donors (Lipinski definition) is 3. The largest absolute Gasteiger partial charge is 0.355 e. The number of likely N-dealkylation sites (tertiary alicyclic amines) is 1. The van der Waals surface area contributed by atoms with Gasteiger partial charge >= 0.3 is 0 Å². The fourth-order valence-electron chi connectivity index (χ4n) is 2.18. The van der Waals surface area contributed by atoms with E-state index in [1.807, 2.05) is 0 Å². The van der Waals surface area contributed by atoms with Crippen molar-refractivity contribution in [3.63, 3.8) is 0 Å². The molecule has 1 fully saturated rings. The maximum absolute atomic E-state index is 5.44. The van der Waals surface area contributed by atoms with Gasteiger partial charge in [-0.25, -0.2) is 5.84 Å². The molecule has 0 aliphatic carbocycles. The van der Waals surface area contributed by atoms with Gasteiger partial charge in [0.05, 0.1) is 0 Å². The Kier molecular flexibility index (Phi) is 6.96. The van der Waals surface area contributed by atoms with Crippen LogP contribution >= 0.6 is 0 Å². The van der Waals surface area contributed by atoms with Gasteiger partial charge in [0.25, 0.3) is 0 Å². The molecule has 0 saturated carbocycles. The number of nitrogens with one attached hydrogen (secondary N) is 2. The van der Waals surface area contributed by atoms with Crippen LogP contribution in [0.4, 0.5) is 0 Å². The van der Waals surface area contributed by atoms with E-state index in [1.165, 1.54) is 25.8 Å². The zero-order valence-electron chi connectivity index (χ0n) is 11.2. The topological polar surface area (TPSA) is 65.7 Å². The normalized spacial score (nSPS) is 22.5. The quantitative estimate of drug-likeness (QED) is 0.216. The van der Waals surface area contributed by atoms with Crippen LogP contribution < -0.4 is 16.6 Å². The highest BCUT2D eigenvalue weighted by Crippen LogP contribution is 2.14. The van der Waals surface area contributed by atoms with E-state index in [2.05, 4.69) is 34.6 Å². The lowest BCUT2D eigenvalue weighted by Crippen LogP contribution is -2.42. The summed E-state index contributed by atoms with van der Waals surface area (Å²) in [6.45, 7) is 6.34. The maximum Gasteiger partial charge on any atom is 0.205 e.